The summed E-state index contributed by atoms with van der Waals surface area (Å²) in [7, 11) is 0. The Bertz CT molecular complexity index is 997. The summed E-state index contributed by atoms with van der Waals surface area (Å²) in [4.78, 5) is 61.7. The summed E-state index contributed by atoms with van der Waals surface area (Å²) in [6, 6.07) is 0. The molecule has 7 atom stereocenters. The fraction of sp³-hybridized carbons (Fsp3) is 0.741. The quantitative estimate of drug-likeness (QED) is 0.427. The monoisotopic (exact) mass is 488 g/mol. The Balaban J connectivity index is 1.79. The van der Waals surface area contributed by atoms with Crippen LogP contribution in [-0.4, -0.2) is 47.8 Å². The van der Waals surface area contributed by atoms with Crippen molar-refractivity contribution in [3.63, 3.8) is 0 Å². The third kappa shape index (κ3) is 4.02. The minimum Gasteiger partial charge on any atom is -0.462 e. The zero-order chi connectivity index (χ0) is 25.8. The largest absolute Gasteiger partial charge is 0.462 e. The van der Waals surface area contributed by atoms with Crippen molar-refractivity contribution < 1.29 is 38.2 Å². The van der Waals surface area contributed by atoms with Gasteiger partial charge in [-0.05, 0) is 61.9 Å². The molecule has 1 unspecified atom stereocenters. The molecule has 0 amide bonds. The maximum atomic E-state index is 13.6. The van der Waals surface area contributed by atoms with Crippen LogP contribution in [0.25, 0.3) is 0 Å². The van der Waals surface area contributed by atoms with Gasteiger partial charge >= 0.3 is 17.9 Å². The Hall–Kier alpha value is -2.51. The Morgan fingerprint density at radius 1 is 0.971 bits per heavy atom. The van der Waals surface area contributed by atoms with E-state index in [9.17, 15) is 24.0 Å². The zero-order valence-electron chi connectivity index (χ0n) is 21.3. The summed E-state index contributed by atoms with van der Waals surface area (Å²) in [5.41, 5.74) is -1.39. The molecule has 0 spiro atoms. The van der Waals surface area contributed by atoms with Crippen molar-refractivity contribution in [3.8, 4) is 0 Å². The second-order valence-electron chi connectivity index (χ2n) is 11.3. The minimum atomic E-state index is -1.46. The number of fused-ring (bicyclic) bond motifs is 5. The highest BCUT2D eigenvalue weighted by atomic mass is 16.6. The number of esters is 3. The SMILES string of the molecule is CC(=O)OCC(=O)[C@@]1(OC(C)=O)CC[C@H]2[C@@H]3CCC4=CC(=O)CC[C@]4(C)[C@H]3C(OC(C)=O)C[C@@]21C. The first-order valence-corrected chi connectivity index (χ1v) is 12.6. The molecule has 35 heavy (non-hydrogen) atoms. The second-order valence-corrected chi connectivity index (χ2v) is 11.3. The van der Waals surface area contributed by atoms with Crippen molar-refractivity contribution in [3.05, 3.63) is 11.6 Å². The van der Waals surface area contributed by atoms with E-state index in [0.717, 1.165) is 18.4 Å². The van der Waals surface area contributed by atoms with Gasteiger partial charge in [-0.1, -0.05) is 19.4 Å². The van der Waals surface area contributed by atoms with Crippen molar-refractivity contribution >= 4 is 29.5 Å². The summed E-state index contributed by atoms with van der Waals surface area (Å²) in [5.74, 6) is -1.64. The van der Waals surface area contributed by atoms with E-state index in [2.05, 4.69) is 6.92 Å². The molecule has 0 aliphatic heterocycles. The summed E-state index contributed by atoms with van der Waals surface area (Å²) in [5, 5.41) is 0. The Kier molecular flexibility index (Phi) is 6.47. The van der Waals surface area contributed by atoms with Crippen LogP contribution in [0.2, 0.25) is 0 Å². The van der Waals surface area contributed by atoms with Crippen molar-refractivity contribution in [2.75, 3.05) is 6.61 Å². The minimum absolute atomic E-state index is 0.00859. The van der Waals surface area contributed by atoms with Crippen LogP contribution in [0, 0.1) is 28.6 Å². The van der Waals surface area contributed by atoms with Crippen LogP contribution >= 0.6 is 0 Å². The van der Waals surface area contributed by atoms with Gasteiger partial charge < -0.3 is 14.2 Å². The van der Waals surface area contributed by atoms with Crippen LogP contribution in [0.15, 0.2) is 11.6 Å². The molecule has 0 radical (unpaired) electrons. The molecule has 3 fully saturated rings. The van der Waals surface area contributed by atoms with E-state index in [4.69, 9.17) is 14.2 Å². The molecule has 0 heterocycles. The summed E-state index contributed by atoms with van der Waals surface area (Å²) >= 11 is 0. The van der Waals surface area contributed by atoms with Gasteiger partial charge in [-0.3, -0.25) is 24.0 Å². The average molecular weight is 489 g/mol. The number of ether oxygens (including phenoxy) is 3. The number of Topliss-reactive ketones (excluding diaryl/α,β-unsaturated/α-hetero) is 1. The van der Waals surface area contributed by atoms with E-state index in [1.54, 1.807) is 6.08 Å². The molecule has 0 aromatic rings. The molecular formula is C27H36O8. The van der Waals surface area contributed by atoms with E-state index < -0.39 is 47.4 Å². The van der Waals surface area contributed by atoms with Gasteiger partial charge in [-0.2, -0.15) is 0 Å². The van der Waals surface area contributed by atoms with Crippen molar-refractivity contribution in [2.24, 2.45) is 28.6 Å². The zero-order valence-corrected chi connectivity index (χ0v) is 21.3. The second kappa shape index (κ2) is 8.86. The van der Waals surface area contributed by atoms with Gasteiger partial charge in [0.2, 0.25) is 5.78 Å². The first-order valence-electron chi connectivity index (χ1n) is 12.6. The van der Waals surface area contributed by atoms with Gasteiger partial charge in [-0.15, -0.1) is 0 Å². The Morgan fingerprint density at radius 2 is 1.69 bits per heavy atom. The highest BCUT2D eigenvalue weighted by molar-refractivity contribution is 5.93. The number of allylic oxidation sites excluding steroid dienone is 1. The fourth-order valence-corrected chi connectivity index (χ4v) is 8.17. The topological polar surface area (TPSA) is 113 Å². The fourth-order valence-electron chi connectivity index (χ4n) is 8.17. The Morgan fingerprint density at radius 3 is 2.31 bits per heavy atom. The third-order valence-corrected chi connectivity index (χ3v) is 9.49. The van der Waals surface area contributed by atoms with Crippen LogP contribution in [0.3, 0.4) is 0 Å². The molecule has 8 heteroatoms. The van der Waals surface area contributed by atoms with E-state index in [1.807, 2.05) is 6.92 Å². The van der Waals surface area contributed by atoms with E-state index in [1.165, 1.54) is 20.8 Å². The lowest BCUT2D eigenvalue weighted by atomic mass is 9.45. The number of hydrogen-bond acceptors (Lipinski definition) is 8. The molecule has 3 saturated carbocycles. The van der Waals surface area contributed by atoms with Crippen molar-refractivity contribution in [2.45, 2.75) is 91.3 Å². The molecule has 192 valence electrons. The molecule has 0 aromatic heterocycles. The number of carbonyl (C=O) groups is 5. The molecule has 4 aliphatic rings. The number of rotatable bonds is 5. The van der Waals surface area contributed by atoms with Crippen molar-refractivity contribution in [1.29, 1.82) is 0 Å². The molecule has 0 bridgehead atoms. The van der Waals surface area contributed by atoms with Crippen LogP contribution in [0.5, 0.6) is 0 Å². The smallest absolute Gasteiger partial charge is 0.303 e. The highest BCUT2D eigenvalue weighted by Gasteiger charge is 2.71. The lowest BCUT2D eigenvalue weighted by Crippen LogP contribution is -2.63. The normalized spacial score (nSPS) is 39.9. The first-order chi connectivity index (χ1) is 16.3. The van der Waals surface area contributed by atoms with E-state index in [0.29, 0.717) is 32.1 Å². The van der Waals surface area contributed by atoms with Gasteiger partial charge in [0.15, 0.2) is 18.0 Å². The van der Waals surface area contributed by atoms with Crippen LogP contribution in [0.1, 0.15) is 79.6 Å². The van der Waals surface area contributed by atoms with E-state index in [-0.39, 0.29) is 29.0 Å². The first kappa shape index (κ1) is 25.6. The molecule has 0 saturated heterocycles. The summed E-state index contributed by atoms with van der Waals surface area (Å²) in [6.45, 7) is 7.57. The average Bonchev–Trinajstić information content (AvgIpc) is 3.04. The highest BCUT2D eigenvalue weighted by Crippen LogP contribution is 2.68. The predicted molar refractivity (Wildman–Crippen MR) is 124 cm³/mol. The van der Waals surface area contributed by atoms with Crippen LogP contribution in [-0.2, 0) is 38.2 Å². The predicted octanol–water partition coefficient (Wildman–Crippen LogP) is 3.49. The molecule has 4 aliphatic carbocycles. The molecule has 0 aromatic carbocycles. The lowest BCUT2D eigenvalue weighted by Gasteiger charge is -2.61. The van der Waals surface area contributed by atoms with Gasteiger partial charge in [0.05, 0.1) is 0 Å². The number of hydrogen-bond donors (Lipinski definition) is 0. The number of carbonyl (C=O) groups excluding carboxylic acids is 5. The molecule has 0 N–H and O–H groups in total. The van der Waals surface area contributed by atoms with Crippen LogP contribution in [0.4, 0.5) is 0 Å². The van der Waals surface area contributed by atoms with Gasteiger partial charge in [0.1, 0.15) is 6.10 Å². The maximum Gasteiger partial charge on any atom is 0.303 e. The van der Waals surface area contributed by atoms with Gasteiger partial charge in [-0.25, -0.2) is 0 Å². The molecule has 8 nitrogen and oxygen atoms in total. The lowest BCUT2D eigenvalue weighted by molar-refractivity contribution is -0.208. The standard InChI is InChI=1S/C27H36O8/c1-15(28)33-14-23(32)27(35-17(3)30)11-9-21-20-7-6-18-12-19(31)8-10-25(18,4)24(20)22(34-16(2)29)13-26(21,27)5/h12,20-22,24H,6-11,13-14H2,1-5H3/t20-,21-,22?,24+,25-,26-,27-/m0/s1. The molecule has 4 rings (SSSR count). The molecular weight excluding hydrogens is 452 g/mol. The van der Waals surface area contributed by atoms with E-state index >= 15 is 0 Å². The summed E-state index contributed by atoms with van der Waals surface area (Å²) < 4.78 is 16.9. The number of ketones is 2. The van der Waals surface area contributed by atoms with Crippen molar-refractivity contribution in [1.82, 2.24) is 0 Å². The maximum absolute atomic E-state index is 13.6. The van der Waals surface area contributed by atoms with Crippen LogP contribution < -0.4 is 0 Å². The summed E-state index contributed by atoms with van der Waals surface area (Å²) in [6.07, 6.45) is 5.44. The Labute approximate surface area is 206 Å². The van der Waals surface area contributed by atoms with Gasteiger partial charge in [0.25, 0.3) is 0 Å². The van der Waals surface area contributed by atoms with Gasteiger partial charge in [0, 0.05) is 38.5 Å². The third-order valence-electron chi connectivity index (χ3n) is 9.49.